The molecule has 2 nitrogen and oxygen atoms in total. The third kappa shape index (κ3) is 4.91. The topological polar surface area (TPSA) is 26.3 Å². The quantitative estimate of drug-likeness (QED) is 0.617. The van der Waals surface area contributed by atoms with Crippen LogP contribution in [0.5, 0.6) is 0 Å². The van der Waals surface area contributed by atoms with E-state index in [0.717, 1.165) is 12.8 Å². The zero-order valence-electron chi connectivity index (χ0n) is 9.46. The van der Waals surface area contributed by atoms with Gasteiger partial charge in [-0.25, -0.2) is 0 Å². The predicted octanol–water partition coefficient (Wildman–Crippen LogP) is 3.01. The fourth-order valence-corrected chi connectivity index (χ4v) is 1.28. The minimum atomic E-state index is -0.0593. The Morgan fingerprint density at radius 2 is 1.77 bits per heavy atom. The van der Waals surface area contributed by atoms with Gasteiger partial charge in [-0.05, 0) is 19.8 Å². The van der Waals surface area contributed by atoms with Crippen molar-refractivity contribution in [1.82, 2.24) is 0 Å². The van der Waals surface area contributed by atoms with Crippen LogP contribution >= 0.6 is 0 Å². The Kier molecular flexibility index (Phi) is 5.76. The van der Waals surface area contributed by atoms with Crippen molar-refractivity contribution in [1.29, 1.82) is 0 Å². The molecule has 2 unspecified atom stereocenters. The van der Waals surface area contributed by atoms with Crippen molar-refractivity contribution in [2.45, 2.75) is 53.6 Å². The van der Waals surface area contributed by atoms with Crippen molar-refractivity contribution in [3.05, 3.63) is 0 Å². The van der Waals surface area contributed by atoms with Gasteiger partial charge in [0, 0.05) is 0 Å². The summed E-state index contributed by atoms with van der Waals surface area (Å²) >= 11 is 0. The molecule has 0 bridgehead atoms. The minimum Gasteiger partial charge on any atom is -0.463 e. The summed E-state index contributed by atoms with van der Waals surface area (Å²) in [7, 11) is 0. The number of hydrogen-bond donors (Lipinski definition) is 0. The van der Waals surface area contributed by atoms with Crippen LogP contribution in [0.4, 0.5) is 0 Å². The van der Waals surface area contributed by atoms with E-state index in [4.69, 9.17) is 4.74 Å². The average molecular weight is 186 g/mol. The Hall–Kier alpha value is -0.530. The number of hydrogen-bond acceptors (Lipinski definition) is 2. The lowest BCUT2D eigenvalue weighted by Crippen LogP contribution is -2.24. The predicted molar refractivity (Wildman–Crippen MR) is 54.5 cm³/mol. The molecule has 0 heterocycles. The Morgan fingerprint density at radius 1 is 1.23 bits per heavy atom. The second-order valence-corrected chi connectivity index (χ2v) is 4.04. The first kappa shape index (κ1) is 12.5. The maximum absolute atomic E-state index is 11.4. The molecule has 2 heteroatoms. The van der Waals surface area contributed by atoms with Gasteiger partial charge in [-0.1, -0.05) is 33.6 Å². The van der Waals surface area contributed by atoms with Crippen LogP contribution in [0.25, 0.3) is 0 Å². The molecule has 13 heavy (non-hydrogen) atoms. The highest BCUT2D eigenvalue weighted by Crippen LogP contribution is 2.18. The van der Waals surface area contributed by atoms with Crippen LogP contribution in [-0.2, 0) is 9.53 Å². The van der Waals surface area contributed by atoms with Gasteiger partial charge in [-0.15, -0.1) is 0 Å². The summed E-state index contributed by atoms with van der Waals surface area (Å²) in [6.45, 7) is 9.96. The fraction of sp³-hybridized carbons (Fsp3) is 0.909. The van der Waals surface area contributed by atoms with Gasteiger partial charge in [0.15, 0.2) is 0 Å². The Morgan fingerprint density at radius 3 is 2.15 bits per heavy atom. The highest BCUT2D eigenvalue weighted by molar-refractivity contribution is 5.72. The first-order valence-electron chi connectivity index (χ1n) is 5.19. The smallest absolute Gasteiger partial charge is 0.309 e. The number of carbonyl (C=O) groups excluding carboxylic acids is 1. The zero-order chi connectivity index (χ0) is 10.4. The summed E-state index contributed by atoms with van der Waals surface area (Å²) in [5.41, 5.74) is 0. The van der Waals surface area contributed by atoms with Gasteiger partial charge in [0.25, 0.3) is 0 Å². The van der Waals surface area contributed by atoms with Gasteiger partial charge in [-0.3, -0.25) is 4.79 Å². The molecule has 0 aliphatic heterocycles. The van der Waals surface area contributed by atoms with E-state index in [0.29, 0.717) is 5.92 Å². The van der Waals surface area contributed by atoms with Crippen molar-refractivity contribution < 1.29 is 9.53 Å². The molecular weight excluding hydrogens is 164 g/mol. The van der Waals surface area contributed by atoms with Crippen LogP contribution in [0.15, 0.2) is 0 Å². The molecule has 0 aromatic heterocycles. The lowest BCUT2D eigenvalue weighted by molar-refractivity contribution is -0.153. The molecule has 0 radical (unpaired) electrons. The molecule has 2 atom stereocenters. The largest absolute Gasteiger partial charge is 0.463 e. The van der Waals surface area contributed by atoms with Gasteiger partial charge in [0.2, 0.25) is 0 Å². The van der Waals surface area contributed by atoms with Crippen LogP contribution in [0, 0.1) is 11.8 Å². The lowest BCUT2D eigenvalue weighted by atomic mass is 9.92. The standard InChI is InChI=1S/C11H22O2/c1-6-7-9(4)10(5)11(12)13-8(2)3/h8-10H,6-7H2,1-5H3. The maximum atomic E-state index is 11.4. The minimum absolute atomic E-state index is 0.00350. The lowest BCUT2D eigenvalue weighted by Gasteiger charge is -2.19. The van der Waals surface area contributed by atoms with Crippen LogP contribution < -0.4 is 0 Å². The maximum Gasteiger partial charge on any atom is 0.309 e. The summed E-state index contributed by atoms with van der Waals surface area (Å²) in [5, 5.41) is 0. The summed E-state index contributed by atoms with van der Waals surface area (Å²) < 4.78 is 5.14. The molecule has 0 saturated heterocycles. The van der Waals surface area contributed by atoms with E-state index in [1.165, 1.54) is 0 Å². The van der Waals surface area contributed by atoms with Gasteiger partial charge >= 0.3 is 5.97 Å². The van der Waals surface area contributed by atoms with Gasteiger partial charge in [0.1, 0.15) is 0 Å². The molecule has 0 aromatic rings. The molecular formula is C11H22O2. The van der Waals surface area contributed by atoms with Gasteiger partial charge in [0.05, 0.1) is 12.0 Å². The summed E-state index contributed by atoms with van der Waals surface area (Å²) in [6.07, 6.45) is 2.22. The number of ether oxygens (including phenoxy) is 1. The fourth-order valence-electron chi connectivity index (χ4n) is 1.28. The highest BCUT2D eigenvalue weighted by atomic mass is 16.5. The van der Waals surface area contributed by atoms with E-state index in [9.17, 15) is 4.79 Å². The second-order valence-electron chi connectivity index (χ2n) is 4.04. The van der Waals surface area contributed by atoms with Crippen LogP contribution in [0.2, 0.25) is 0 Å². The molecule has 0 spiro atoms. The molecule has 0 amide bonds. The molecule has 0 fully saturated rings. The molecule has 0 aliphatic rings. The first-order chi connectivity index (χ1) is 5.99. The SMILES string of the molecule is CCCC(C)C(C)C(=O)OC(C)C. The van der Waals surface area contributed by atoms with Crippen LogP contribution in [0.1, 0.15) is 47.5 Å². The van der Waals surface area contributed by atoms with Crippen LogP contribution in [0.3, 0.4) is 0 Å². The van der Waals surface area contributed by atoms with E-state index in [-0.39, 0.29) is 18.0 Å². The van der Waals surface area contributed by atoms with E-state index >= 15 is 0 Å². The van der Waals surface area contributed by atoms with E-state index in [1.807, 2.05) is 20.8 Å². The monoisotopic (exact) mass is 186 g/mol. The Bertz CT molecular complexity index is 152. The van der Waals surface area contributed by atoms with E-state index < -0.39 is 0 Å². The molecule has 0 N–H and O–H groups in total. The average Bonchev–Trinajstić information content (AvgIpc) is 2.02. The molecule has 0 aliphatic carbocycles. The third-order valence-electron chi connectivity index (χ3n) is 2.32. The number of carbonyl (C=O) groups is 1. The molecule has 0 aromatic carbocycles. The summed E-state index contributed by atoms with van der Waals surface area (Å²) in [4.78, 5) is 11.4. The normalized spacial score (nSPS) is 15.5. The molecule has 78 valence electrons. The molecule has 0 saturated carbocycles. The number of rotatable bonds is 5. The van der Waals surface area contributed by atoms with Gasteiger partial charge in [-0.2, -0.15) is 0 Å². The summed E-state index contributed by atoms with van der Waals surface area (Å²) in [5.74, 6) is 0.398. The first-order valence-corrected chi connectivity index (χ1v) is 5.19. The van der Waals surface area contributed by atoms with E-state index in [1.54, 1.807) is 0 Å². The second kappa shape index (κ2) is 6.01. The van der Waals surface area contributed by atoms with Crippen molar-refractivity contribution in [3.8, 4) is 0 Å². The van der Waals surface area contributed by atoms with Gasteiger partial charge < -0.3 is 4.74 Å². The van der Waals surface area contributed by atoms with Crippen molar-refractivity contribution in [3.63, 3.8) is 0 Å². The van der Waals surface area contributed by atoms with Crippen LogP contribution in [-0.4, -0.2) is 12.1 Å². The van der Waals surface area contributed by atoms with Crippen molar-refractivity contribution in [2.24, 2.45) is 11.8 Å². The van der Waals surface area contributed by atoms with E-state index in [2.05, 4.69) is 13.8 Å². The third-order valence-corrected chi connectivity index (χ3v) is 2.32. The van der Waals surface area contributed by atoms with Crippen molar-refractivity contribution >= 4 is 5.97 Å². The summed E-state index contributed by atoms with van der Waals surface area (Å²) in [6, 6.07) is 0. The Balaban J connectivity index is 3.93. The highest BCUT2D eigenvalue weighted by Gasteiger charge is 2.21. The Labute approximate surface area is 81.7 Å². The molecule has 0 rings (SSSR count). The zero-order valence-corrected chi connectivity index (χ0v) is 9.46. The number of esters is 1. The van der Waals surface area contributed by atoms with Crippen molar-refractivity contribution in [2.75, 3.05) is 0 Å².